The summed E-state index contributed by atoms with van der Waals surface area (Å²) in [6.45, 7) is 0.969. The topological polar surface area (TPSA) is 58.2 Å². The molecule has 0 unspecified atom stereocenters. The fourth-order valence-corrected chi connectivity index (χ4v) is 2.52. The van der Waals surface area contributed by atoms with E-state index in [2.05, 4.69) is 10.6 Å². The van der Waals surface area contributed by atoms with Crippen molar-refractivity contribution in [3.63, 3.8) is 0 Å². The van der Waals surface area contributed by atoms with Crippen LogP contribution in [0.2, 0.25) is 10.0 Å². The predicted molar refractivity (Wildman–Crippen MR) is 101 cm³/mol. The van der Waals surface area contributed by atoms with Gasteiger partial charge < -0.3 is 10.6 Å². The summed E-state index contributed by atoms with van der Waals surface area (Å²) in [6.07, 6.45) is 1.23. The second kappa shape index (κ2) is 10.1. The van der Waals surface area contributed by atoms with E-state index in [1.165, 1.54) is 0 Å². The summed E-state index contributed by atoms with van der Waals surface area (Å²) in [5.41, 5.74) is 2.16. The van der Waals surface area contributed by atoms with Crippen molar-refractivity contribution >= 4 is 35.0 Å². The van der Waals surface area contributed by atoms with Crippen LogP contribution in [0.25, 0.3) is 0 Å². The summed E-state index contributed by atoms with van der Waals surface area (Å²) in [7, 11) is 0. The Bertz CT molecular complexity index is 639. The van der Waals surface area contributed by atoms with Crippen LogP contribution in [0.4, 0.5) is 0 Å². The molecule has 2 N–H and O–H groups in total. The zero-order valence-corrected chi connectivity index (χ0v) is 15.2. The van der Waals surface area contributed by atoms with Crippen LogP contribution in [0, 0.1) is 0 Å². The molecule has 0 aromatic heterocycles. The number of carbonyl (C=O) groups excluding carboxylic acids is 2. The summed E-state index contributed by atoms with van der Waals surface area (Å²) in [4.78, 5) is 23.5. The van der Waals surface area contributed by atoms with Gasteiger partial charge >= 0.3 is 0 Å². The number of hydrogen-bond donors (Lipinski definition) is 2. The second-order valence-corrected chi connectivity index (χ2v) is 6.50. The molecule has 0 spiro atoms. The zero-order valence-electron chi connectivity index (χ0n) is 13.7. The van der Waals surface area contributed by atoms with E-state index in [1.54, 1.807) is 0 Å². The first kappa shape index (κ1) is 19.3. The van der Waals surface area contributed by atoms with Crippen LogP contribution in [0.3, 0.4) is 0 Å². The van der Waals surface area contributed by atoms with Gasteiger partial charge in [-0.25, -0.2) is 0 Å². The smallest absolute Gasteiger partial charge is 0.229 e. The third-order valence-electron chi connectivity index (χ3n) is 3.62. The maximum atomic E-state index is 11.8. The fraction of sp³-hybridized carbons (Fsp3) is 0.263. The number of carbonyl (C=O) groups is 2. The van der Waals surface area contributed by atoms with Gasteiger partial charge in [0.1, 0.15) is 6.42 Å². The Morgan fingerprint density at radius 2 is 1.04 bits per heavy atom. The molecule has 0 saturated heterocycles. The normalized spacial score (nSPS) is 10.3. The Morgan fingerprint density at radius 3 is 1.40 bits per heavy atom. The molecule has 2 aromatic carbocycles. The molecule has 0 bridgehead atoms. The molecule has 0 aliphatic carbocycles. The van der Waals surface area contributed by atoms with E-state index in [0.717, 1.165) is 11.1 Å². The first-order valence-electron chi connectivity index (χ1n) is 8.05. The van der Waals surface area contributed by atoms with Crippen molar-refractivity contribution in [1.29, 1.82) is 0 Å². The number of amides is 2. The molecule has 2 aromatic rings. The molecule has 25 heavy (non-hydrogen) atoms. The molecular formula is C19H20Cl2N2O2. The van der Waals surface area contributed by atoms with E-state index in [0.29, 0.717) is 36.0 Å². The lowest BCUT2D eigenvalue weighted by molar-refractivity contribution is -0.129. The third-order valence-corrected chi connectivity index (χ3v) is 4.12. The molecule has 0 saturated carbocycles. The fourth-order valence-electron chi connectivity index (χ4n) is 2.27. The van der Waals surface area contributed by atoms with Crippen LogP contribution in [0.1, 0.15) is 17.5 Å². The summed E-state index contributed by atoms with van der Waals surface area (Å²) in [5.74, 6) is -0.559. The Kier molecular flexibility index (Phi) is 7.76. The van der Waals surface area contributed by atoms with Crippen molar-refractivity contribution in [3.05, 3.63) is 69.7 Å². The van der Waals surface area contributed by atoms with E-state index in [-0.39, 0.29) is 18.2 Å². The lowest BCUT2D eigenvalue weighted by atomic mass is 10.1. The van der Waals surface area contributed by atoms with Crippen LogP contribution < -0.4 is 10.6 Å². The maximum absolute atomic E-state index is 11.8. The van der Waals surface area contributed by atoms with E-state index in [4.69, 9.17) is 23.2 Å². The molecule has 0 atom stereocenters. The average molecular weight is 379 g/mol. The van der Waals surface area contributed by atoms with Gasteiger partial charge in [-0.05, 0) is 48.2 Å². The first-order valence-corrected chi connectivity index (χ1v) is 8.81. The monoisotopic (exact) mass is 378 g/mol. The number of hydrogen-bond acceptors (Lipinski definition) is 2. The standard InChI is InChI=1S/C19H20Cl2N2O2/c20-16-5-1-14(2-6-16)9-11-22-18(24)13-19(25)23-12-10-15-3-7-17(21)8-4-15/h1-8H,9-13H2,(H,22,24)(H,23,25). The molecule has 4 nitrogen and oxygen atoms in total. The predicted octanol–water partition coefficient (Wildman–Crippen LogP) is 3.40. The Labute approximate surface area is 157 Å². The third kappa shape index (κ3) is 7.59. The molecule has 132 valence electrons. The highest BCUT2D eigenvalue weighted by Crippen LogP contribution is 2.10. The molecule has 0 radical (unpaired) electrons. The average Bonchev–Trinajstić information content (AvgIpc) is 2.58. The molecular weight excluding hydrogens is 359 g/mol. The summed E-state index contributed by atoms with van der Waals surface area (Å²) < 4.78 is 0. The van der Waals surface area contributed by atoms with Crippen LogP contribution in [-0.4, -0.2) is 24.9 Å². The van der Waals surface area contributed by atoms with E-state index >= 15 is 0 Å². The summed E-state index contributed by atoms with van der Waals surface area (Å²) in [6, 6.07) is 14.9. The van der Waals surface area contributed by atoms with Gasteiger partial charge in [-0.2, -0.15) is 0 Å². The molecule has 6 heteroatoms. The largest absolute Gasteiger partial charge is 0.355 e. The van der Waals surface area contributed by atoms with E-state index in [1.807, 2.05) is 48.5 Å². The van der Waals surface area contributed by atoms with Gasteiger partial charge in [0.2, 0.25) is 11.8 Å². The van der Waals surface area contributed by atoms with Gasteiger partial charge in [-0.1, -0.05) is 47.5 Å². The van der Waals surface area contributed by atoms with Crippen molar-refractivity contribution in [2.75, 3.05) is 13.1 Å². The van der Waals surface area contributed by atoms with Crippen molar-refractivity contribution in [2.45, 2.75) is 19.3 Å². The van der Waals surface area contributed by atoms with Gasteiger partial charge in [0.15, 0.2) is 0 Å². The van der Waals surface area contributed by atoms with Crippen LogP contribution in [-0.2, 0) is 22.4 Å². The SMILES string of the molecule is O=C(CC(=O)NCCc1ccc(Cl)cc1)NCCc1ccc(Cl)cc1. The van der Waals surface area contributed by atoms with E-state index in [9.17, 15) is 9.59 Å². The number of nitrogens with one attached hydrogen (secondary N) is 2. The maximum Gasteiger partial charge on any atom is 0.229 e. The molecule has 2 amide bonds. The Morgan fingerprint density at radius 1 is 0.680 bits per heavy atom. The quantitative estimate of drug-likeness (QED) is 0.691. The molecule has 0 fully saturated rings. The van der Waals surface area contributed by atoms with Crippen molar-refractivity contribution in [2.24, 2.45) is 0 Å². The van der Waals surface area contributed by atoms with Crippen LogP contribution >= 0.6 is 23.2 Å². The van der Waals surface area contributed by atoms with Gasteiger partial charge in [0.25, 0.3) is 0 Å². The molecule has 0 heterocycles. The molecule has 2 rings (SSSR count). The van der Waals surface area contributed by atoms with Crippen LogP contribution in [0.5, 0.6) is 0 Å². The summed E-state index contributed by atoms with van der Waals surface area (Å²) in [5, 5.41) is 6.85. The lowest BCUT2D eigenvalue weighted by Crippen LogP contribution is -2.33. The first-order chi connectivity index (χ1) is 12.0. The van der Waals surface area contributed by atoms with Crippen molar-refractivity contribution in [1.82, 2.24) is 10.6 Å². The van der Waals surface area contributed by atoms with Crippen molar-refractivity contribution < 1.29 is 9.59 Å². The number of rotatable bonds is 8. The minimum Gasteiger partial charge on any atom is -0.355 e. The number of halogens is 2. The van der Waals surface area contributed by atoms with Gasteiger partial charge in [0.05, 0.1) is 0 Å². The minimum atomic E-state index is -0.280. The zero-order chi connectivity index (χ0) is 18.1. The van der Waals surface area contributed by atoms with Crippen molar-refractivity contribution in [3.8, 4) is 0 Å². The number of benzene rings is 2. The van der Waals surface area contributed by atoms with Gasteiger partial charge in [-0.3, -0.25) is 9.59 Å². The van der Waals surface area contributed by atoms with Gasteiger partial charge in [0, 0.05) is 23.1 Å². The molecule has 0 aliphatic heterocycles. The van der Waals surface area contributed by atoms with Gasteiger partial charge in [-0.15, -0.1) is 0 Å². The Balaban J connectivity index is 1.60. The van der Waals surface area contributed by atoms with Crippen LogP contribution in [0.15, 0.2) is 48.5 Å². The van der Waals surface area contributed by atoms with E-state index < -0.39 is 0 Å². The minimum absolute atomic E-state index is 0.165. The summed E-state index contributed by atoms with van der Waals surface area (Å²) >= 11 is 11.6. The second-order valence-electron chi connectivity index (χ2n) is 5.63. The molecule has 0 aliphatic rings. The highest BCUT2D eigenvalue weighted by Gasteiger charge is 2.08. The highest BCUT2D eigenvalue weighted by molar-refractivity contribution is 6.30. The lowest BCUT2D eigenvalue weighted by Gasteiger charge is -2.07. The highest BCUT2D eigenvalue weighted by atomic mass is 35.5. The Hall–Kier alpha value is -2.04.